The molecule has 0 N–H and O–H groups in total. The van der Waals surface area contributed by atoms with E-state index in [1.807, 2.05) is 27.7 Å². The minimum Gasteiger partial charge on any atom is -0.376 e. The molecule has 0 aromatic carbocycles. The van der Waals surface area contributed by atoms with Gasteiger partial charge >= 0.3 is 0 Å². The highest BCUT2D eigenvalue weighted by atomic mass is 16.8. The van der Waals surface area contributed by atoms with Gasteiger partial charge in [-0.25, -0.2) is 0 Å². The fourth-order valence-electron chi connectivity index (χ4n) is 2.02. The third-order valence-electron chi connectivity index (χ3n) is 2.74. The van der Waals surface area contributed by atoms with Crippen molar-refractivity contribution in [2.45, 2.75) is 51.5 Å². The number of ether oxygens (including phenoxy) is 5. The van der Waals surface area contributed by atoms with Gasteiger partial charge in [0.25, 0.3) is 0 Å². The fourth-order valence-corrected chi connectivity index (χ4v) is 2.02. The summed E-state index contributed by atoms with van der Waals surface area (Å²) in [6, 6.07) is 0. The van der Waals surface area contributed by atoms with Crippen molar-refractivity contribution in [1.29, 1.82) is 0 Å². The summed E-state index contributed by atoms with van der Waals surface area (Å²) < 4.78 is 27.7. The van der Waals surface area contributed by atoms with E-state index < -0.39 is 11.6 Å². The lowest BCUT2D eigenvalue weighted by atomic mass is 10.4. The van der Waals surface area contributed by atoms with E-state index in [0.717, 1.165) is 0 Å². The Bertz CT molecular complexity index is 238. The van der Waals surface area contributed by atoms with E-state index in [-0.39, 0.29) is 12.2 Å². The Labute approximate surface area is 102 Å². The predicted octanol–water partition coefficient (Wildman–Crippen LogP) is 1.31. The van der Waals surface area contributed by atoms with Gasteiger partial charge in [-0.15, -0.1) is 0 Å². The van der Waals surface area contributed by atoms with Gasteiger partial charge in [-0.05, 0) is 27.7 Å². The second-order valence-corrected chi connectivity index (χ2v) is 5.44. The van der Waals surface area contributed by atoms with Crippen LogP contribution in [-0.2, 0) is 23.7 Å². The number of hydrogen-bond acceptors (Lipinski definition) is 5. The summed E-state index contributed by atoms with van der Waals surface area (Å²) in [5, 5.41) is 0. The zero-order chi connectivity index (χ0) is 12.5. The normalized spacial score (nSPS) is 35.3. The maximum Gasteiger partial charge on any atom is 0.163 e. The molecule has 0 saturated carbocycles. The van der Waals surface area contributed by atoms with E-state index in [4.69, 9.17) is 23.7 Å². The third kappa shape index (κ3) is 3.89. The lowest BCUT2D eigenvalue weighted by molar-refractivity contribution is -0.154. The quantitative estimate of drug-likeness (QED) is 0.748. The molecule has 2 saturated heterocycles. The maximum absolute atomic E-state index is 5.64. The lowest BCUT2D eigenvalue weighted by Gasteiger charge is -2.18. The van der Waals surface area contributed by atoms with Crippen molar-refractivity contribution in [3.05, 3.63) is 0 Å². The Morgan fingerprint density at radius 3 is 1.59 bits per heavy atom. The van der Waals surface area contributed by atoms with Gasteiger partial charge < -0.3 is 23.7 Å². The maximum atomic E-state index is 5.64. The van der Waals surface area contributed by atoms with Crippen LogP contribution < -0.4 is 0 Å². The van der Waals surface area contributed by atoms with E-state index in [0.29, 0.717) is 26.4 Å². The molecular formula is C12H22O5. The fraction of sp³-hybridized carbons (Fsp3) is 1.00. The van der Waals surface area contributed by atoms with E-state index in [9.17, 15) is 0 Å². The van der Waals surface area contributed by atoms with Gasteiger partial charge in [0.1, 0.15) is 12.2 Å². The van der Waals surface area contributed by atoms with Crippen LogP contribution in [0.1, 0.15) is 27.7 Å². The summed E-state index contributed by atoms with van der Waals surface area (Å²) in [7, 11) is 0. The highest BCUT2D eigenvalue weighted by Gasteiger charge is 2.34. The average molecular weight is 246 g/mol. The second kappa shape index (κ2) is 4.82. The van der Waals surface area contributed by atoms with Crippen molar-refractivity contribution in [2.75, 3.05) is 26.4 Å². The molecule has 5 heteroatoms. The topological polar surface area (TPSA) is 46.2 Å². The molecule has 0 unspecified atom stereocenters. The molecule has 2 aliphatic heterocycles. The summed E-state index contributed by atoms with van der Waals surface area (Å²) >= 11 is 0. The highest BCUT2D eigenvalue weighted by Crippen LogP contribution is 2.24. The molecule has 0 amide bonds. The molecule has 0 aromatic heterocycles. The molecule has 17 heavy (non-hydrogen) atoms. The highest BCUT2D eigenvalue weighted by molar-refractivity contribution is 4.72. The van der Waals surface area contributed by atoms with E-state index in [1.54, 1.807) is 0 Å². The summed E-state index contributed by atoms with van der Waals surface area (Å²) in [6.07, 6.45) is 0.0284. The van der Waals surface area contributed by atoms with Crippen molar-refractivity contribution >= 4 is 0 Å². The largest absolute Gasteiger partial charge is 0.376 e. The molecule has 5 nitrogen and oxygen atoms in total. The van der Waals surface area contributed by atoms with Crippen LogP contribution in [-0.4, -0.2) is 50.2 Å². The minimum atomic E-state index is -0.483. The van der Waals surface area contributed by atoms with E-state index in [1.165, 1.54) is 0 Å². The van der Waals surface area contributed by atoms with Crippen molar-refractivity contribution in [3.8, 4) is 0 Å². The first-order valence-electron chi connectivity index (χ1n) is 6.08. The first-order chi connectivity index (χ1) is 7.86. The van der Waals surface area contributed by atoms with E-state index >= 15 is 0 Å². The Morgan fingerprint density at radius 2 is 1.29 bits per heavy atom. The van der Waals surface area contributed by atoms with Crippen LogP contribution in [0.5, 0.6) is 0 Å². The molecule has 2 rings (SSSR count). The Hall–Kier alpha value is -0.200. The van der Waals surface area contributed by atoms with E-state index in [2.05, 4.69) is 0 Å². The zero-order valence-corrected chi connectivity index (χ0v) is 11.0. The third-order valence-corrected chi connectivity index (χ3v) is 2.74. The van der Waals surface area contributed by atoms with Gasteiger partial charge in [-0.3, -0.25) is 0 Å². The monoisotopic (exact) mass is 246 g/mol. The molecule has 2 heterocycles. The standard InChI is InChI=1S/C12H22O5/c1-11(2)14-7-9(16-11)5-13-6-10-8-15-12(3,4)17-10/h9-10H,5-8H2,1-4H3/t9-,10-/m0/s1. The Morgan fingerprint density at radius 1 is 0.882 bits per heavy atom. The summed E-state index contributed by atoms with van der Waals surface area (Å²) in [4.78, 5) is 0. The van der Waals surface area contributed by atoms with Crippen LogP contribution in [0.2, 0.25) is 0 Å². The van der Waals surface area contributed by atoms with Crippen molar-refractivity contribution in [2.24, 2.45) is 0 Å². The molecule has 2 aliphatic rings. The molecule has 100 valence electrons. The smallest absolute Gasteiger partial charge is 0.163 e. The minimum absolute atomic E-state index is 0.0142. The first kappa shape index (κ1) is 13.2. The van der Waals surface area contributed by atoms with Crippen molar-refractivity contribution in [3.63, 3.8) is 0 Å². The second-order valence-electron chi connectivity index (χ2n) is 5.44. The molecule has 2 fully saturated rings. The number of rotatable bonds is 4. The number of hydrogen-bond donors (Lipinski definition) is 0. The molecular weight excluding hydrogens is 224 g/mol. The first-order valence-corrected chi connectivity index (χ1v) is 6.08. The molecule has 0 bridgehead atoms. The molecule has 0 aromatic rings. The van der Waals surface area contributed by atoms with Crippen LogP contribution in [0, 0.1) is 0 Å². The van der Waals surface area contributed by atoms with Gasteiger partial charge in [0.05, 0.1) is 26.4 Å². The van der Waals surface area contributed by atoms with Gasteiger partial charge in [-0.2, -0.15) is 0 Å². The summed E-state index contributed by atoms with van der Waals surface area (Å²) in [5.74, 6) is -0.966. The van der Waals surface area contributed by atoms with Crippen molar-refractivity contribution in [1.82, 2.24) is 0 Å². The zero-order valence-electron chi connectivity index (χ0n) is 11.0. The summed E-state index contributed by atoms with van der Waals surface area (Å²) in [5.41, 5.74) is 0. The van der Waals surface area contributed by atoms with Crippen LogP contribution in [0.3, 0.4) is 0 Å². The molecule has 0 aliphatic carbocycles. The molecule has 2 atom stereocenters. The van der Waals surface area contributed by atoms with Crippen LogP contribution >= 0.6 is 0 Å². The van der Waals surface area contributed by atoms with Crippen LogP contribution in [0.25, 0.3) is 0 Å². The van der Waals surface area contributed by atoms with Crippen LogP contribution in [0.15, 0.2) is 0 Å². The van der Waals surface area contributed by atoms with Gasteiger partial charge in [0.2, 0.25) is 0 Å². The lowest BCUT2D eigenvalue weighted by Crippen LogP contribution is -2.27. The van der Waals surface area contributed by atoms with Gasteiger partial charge in [0.15, 0.2) is 11.6 Å². The molecule has 0 spiro atoms. The average Bonchev–Trinajstić information content (AvgIpc) is 2.70. The Balaban J connectivity index is 1.61. The van der Waals surface area contributed by atoms with Crippen molar-refractivity contribution < 1.29 is 23.7 Å². The Kier molecular flexibility index (Phi) is 3.75. The van der Waals surface area contributed by atoms with Gasteiger partial charge in [-0.1, -0.05) is 0 Å². The van der Waals surface area contributed by atoms with Gasteiger partial charge in [0, 0.05) is 0 Å². The van der Waals surface area contributed by atoms with Crippen LogP contribution in [0.4, 0.5) is 0 Å². The SMILES string of the molecule is CC1(C)OC[C@H](COC[C@H]2COC(C)(C)O2)O1. The summed E-state index contributed by atoms with van der Waals surface area (Å²) in [6.45, 7) is 9.86. The predicted molar refractivity (Wildman–Crippen MR) is 60.6 cm³/mol. The molecule has 0 radical (unpaired) electrons.